The summed E-state index contributed by atoms with van der Waals surface area (Å²) in [4.78, 5) is 12.5. The number of carbonyl (C=O) groups is 1. The first-order valence-electron chi connectivity index (χ1n) is 8.93. The number of nitrogens with zero attached hydrogens (tertiary/aromatic N) is 1. The van der Waals surface area contributed by atoms with Gasteiger partial charge in [-0.15, -0.1) is 0 Å². The average molecular weight is 398 g/mol. The van der Waals surface area contributed by atoms with E-state index in [-0.39, 0.29) is 10.8 Å². The minimum atomic E-state index is -3.64. The van der Waals surface area contributed by atoms with Gasteiger partial charge >= 0.3 is 0 Å². The number of rotatable bonds is 8. The highest BCUT2D eigenvalue weighted by Gasteiger charge is 2.21. The molecule has 146 valence electrons. The first-order valence-corrected chi connectivity index (χ1v) is 10.4. The topological polar surface area (TPSA) is 79.6 Å². The summed E-state index contributed by atoms with van der Waals surface area (Å²) < 4.78 is 31.8. The zero-order chi connectivity index (χ0) is 20.0. The fourth-order valence-corrected chi connectivity index (χ4v) is 3.95. The van der Waals surface area contributed by atoms with Crippen LogP contribution in [0.25, 0.3) is 0 Å². The Morgan fingerprint density at radius 2 is 1.71 bits per heavy atom. The molecule has 0 saturated carbocycles. The fraction of sp³-hybridized carbons (Fsp3) is 0.190. The Kier molecular flexibility index (Phi) is 6.16. The van der Waals surface area contributed by atoms with Crippen molar-refractivity contribution in [3.8, 4) is 0 Å². The molecule has 0 unspecified atom stereocenters. The molecule has 0 bridgehead atoms. The Labute approximate surface area is 164 Å². The van der Waals surface area contributed by atoms with E-state index in [9.17, 15) is 13.2 Å². The van der Waals surface area contributed by atoms with Gasteiger partial charge in [-0.3, -0.25) is 9.10 Å². The van der Waals surface area contributed by atoms with Gasteiger partial charge in [0, 0.05) is 25.6 Å². The van der Waals surface area contributed by atoms with Gasteiger partial charge in [0.15, 0.2) is 0 Å². The molecule has 0 aliphatic rings. The number of carbonyl (C=O) groups excluding carboxylic acids is 1. The number of sulfonamides is 1. The quantitative estimate of drug-likeness (QED) is 0.589. The fourth-order valence-electron chi connectivity index (χ4n) is 2.73. The zero-order valence-corrected chi connectivity index (χ0v) is 16.4. The monoisotopic (exact) mass is 398 g/mol. The van der Waals surface area contributed by atoms with Crippen molar-refractivity contribution in [3.63, 3.8) is 0 Å². The van der Waals surface area contributed by atoms with Crippen molar-refractivity contribution < 1.29 is 17.6 Å². The Morgan fingerprint density at radius 3 is 2.36 bits per heavy atom. The molecule has 0 aliphatic carbocycles. The van der Waals surface area contributed by atoms with Crippen molar-refractivity contribution in [3.05, 3.63) is 84.3 Å². The standard InChI is InChI=1S/C21H22N2O4S/c1-23(28(25,26)20-9-3-2-4-10-20)18-13-11-17(12-14-18)21(24)22-15-5-7-19-8-6-16-27-19/h2-4,6,8-14,16H,5,7,15H2,1H3,(H,22,24). The molecule has 0 fully saturated rings. The molecule has 1 N–H and O–H groups in total. The zero-order valence-electron chi connectivity index (χ0n) is 15.5. The molecule has 3 rings (SSSR count). The summed E-state index contributed by atoms with van der Waals surface area (Å²) >= 11 is 0. The average Bonchev–Trinajstić information content (AvgIpc) is 3.25. The molecule has 2 aromatic carbocycles. The van der Waals surface area contributed by atoms with Crippen LogP contribution in [0.15, 0.2) is 82.3 Å². The van der Waals surface area contributed by atoms with E-state index in [1.807, 2.05) is 12.1 Å². The summed E-state index contributed by atoms with van der Waals surface area (Å²) in [6, 6.07) is 18.5. The van der Waals surface area contributed by atoms with E-state index in [0.717, 1.165) is 18.6 Å². The summed E-state index contributed by atoms with van der Waals surface area (Å²) in [5.74, 6) is 0.695. The van der Waals surface area contributed by atoms with Crippen LogP contribution in [-0.4, -0.2) is 27.9 Å². The van der Waals surface area contributed by atoms with Gasteiger partial charge in [0.25, 0.3) is 15.9 Å². The Hall–Kier alpha value is -3.06. The van der Waals surface area contributed by atoms with E-state index in [0.29, 0.717) is 17.8 Å². The summed E-state index contributed by atoms with van der Waals surface area (Å²) in [7, 11) is -2.15. The number of hydrogen-bond donors (Lipinski definition) is 1. The Morgan fingerprint density at radius 1 is 1.00 bits per heavy atom. The van der Waals surface area contributed by atoms with Crippen molar-refractivity contribution >= 4 is 21.6 Å². The molecule has 0 aliphatic heterocycles. The predicted molar refractivity (Wildman–Crippen MR) is 108 cm³/mol. The minimum Gasteiger partial charge on any atom is -0.469 e. The molecule has 0 saturated heterocycles. The lowest BCUT2D eigenvalue weighted by Crippen LogP contribution is -2.27. The van der Waals surface area contributed by atoms with Crippen molar-refractivity contribution in [2.24, 2.45) is 0 Å². The van der Waals surface area contributed by atoms with Gasteiger partial charge in [0.1, 0.15) is 5.76 Å². The van der Waals surface area contributed by atoms with Crippen LogP contribution in [-0.2, 0) is 16.4 Å². The van der Waals surface area contributed by atoms with Gasteiger partial charge in [-0.25, -0.2) is 8.42 Å². The summed E-state index contributed by atoms with van der Waals surface area (Å²) in [6.07, 6.45) is 3.16. The third-order valence-electron chi connectivity index (χ3n) is 4.36. The molecule has 6 nitrogen and oxygen atoms in total. The van der Waals surface area contributed by atoms with Gasteiger partial charge in [-0.1, -0.05) is 18.2 Å². The maximum absolute atomic E-state index is 12.7. The number of benzene rings is 2. The third kappa shape index (κ3) is 4.61. The highest BCUT2D eigenvalue weighted by Crippen LogP contribution is 2.22. The number of aryl methyl sites for hydroxylation is 1. The first-order chi connectivity index (χ1) is 13.5. The maximum Gasteiger partial charge on any atom is 0.264 e. The Balaban J connectivity index is 1.58. The number of hydrogen-bond acceptors (Lipinski definition) is 4. The van der Waals surface area contributed by atoms with E-state index < -0.39 is 10.0 Å². The van der Waals surface area contributed by atoms with E-state index in [1.54, 1.807) is 60.9 Å². The van der Waals surface area contributed by atoms with E-state index in [4.69, 9.17) is 4.42 Å². The molecule has 28 heavy (non-hydrogen) atoms. The van der Waals surface area contributed by atoms with Crippen molar-refractivity contribution in [1.82, 2.24) is 5.32 Å². The van der Waals surface area contributed by atoms with Gasteiger partial charge in [0.2, 0.25) is 0 Å². The third-order valence-corrected chi connectivity index (χ3v) is 6.16. The van der Waals surface area contributed by atoms with E-state index in [2.05, 4.69) is 5.32 Å². The largest absolute Gasteiger partial charge is 0.469 e. The van der Waals surface area contributed by atoms with Crippen LogP contribution in [0.3, 0.4) is 0 Å². The van der Waals surface area contributed by atoms with Gasteiger partial charge in [0.05, 0.1) is 16.8 Å². The molecule has 1 aromatic heterocycles. The molecule has 1 amide bonds. The van der Waals surface area contributed by atoms with Crippen LogP contribution in [0.1, 0.15) is 22.5 Å². The molecule has 1 heterocycles. The highest BCUT2D eigenvalue weighted by molar-refractivity contribution is 7.92. The van der Waals surface area contributed by atoms with Crippen LogP contribution in [0.4, 0.5) is 5.69 Å². The molecule has 0 atom stereocenters. The lowest BCUT2D eigenvalue weighted by atomic mass is 10.2. The summed E-state index contributed by atoms with van der Waals surface area (Å²) in [5, 5.41) is 2.85. The van der Waals surface area contributed by atoms with Crippen molar-refractivity contribution in [2.75, 3.05) is 17.9 Å². The highest BCUT2D eigenvalue weighted by atomic mass is 32.2. The second kappa shape index (κ2) is 8.75. The maximum atomic E-state index is 12.7. The molecule has 0 spiro atoms. The molecular weight excluding hydrogens is 376 g/mol. The van der Waals surface area contributed by atoms with Crippen LogP contribution in [0.5, 0.6) is 0 Å². The van der Waals surface area contributed by atoms with Gasteiger partial charge in [-0.2, -0.15) is 0 Å². The number of anilines is 1. The van der Waals surface area contributed by atoms with Gasteiger partial charge in [-0.05, 0) is 55.0 Å². The number of nitrogens with one attached hydrogen (secondary N) is 1. The van der Waals surface area contributed by atoms with Crippen LogP contribution in [0, 0.1) is 0 Å². The molecule has 3 aromatic rings. The smallest absolute Gasteiger partial charge is 0.264 e. The molecule has 0 radical (unpaired) electrons. The van der Waals surface area contributed by atoms with Crippen LogP contribution < -0.4 is 9.62 Å². The summed E-state index contributed by atoms with van der Waals surface area (Å²) in [6.45, 7) is 0.531. The first kappa shape index (κ1) is 19.7. The minimum absolute atomic E-state index is 0.195. The Bertz CT molecular complexity index is 998. The SMILES string of the molecule is CN(c1ccc(C(=O)NCCCc2ccco2)cc1)S(=O)(=O)c1ccccc1. The van der Waals surface area contributed by atoms with Crippen molar-refractivity contribution in [2.45, 2.75) is 17.7 Å². The van der Waals surface area contributed by atoms with E-state index in [1.165, 1.54) is 11.4 Å². The van der Waals surface area contributed by atoms with Crippen LogP contribution in [0.2, 0.25) is 0 Å². The second-order valence-corrected chi connectivity index (χ2v) is 8.24. The van der Waals surface area contributed by atoms with Crippen LogP contribution >= 0.6 is 0 Å². The number of furan rings is 1. The second-order valence-electron chi connectivity index (χ2n) is 6.27. The summed E-state index contributed by atoms with van der Waals surface area (Å²) in [5.41, 5.74) is 0.963. The van der Waals surface area contributed by atoms with E-state index >= 15 is 0 Å². The normalized spacial score (nSPS) is 11.2. The molecule has 7 heteroatoms. The lowest BCUT2D eigenvalue weighted by molar-refractivity contribution is 0.0953. The van der Waals surface area contributed by atoms with Crippen molar-refractivity contribution in [1.29, 1.82) is 0 Å². The van der Waals surface area contributed by atoms with Gasteiger partial charge < -0.3 is 9.73 Å². The molecular formula is C21H22N2O4S. The predicted octanol–water partition coefficient (Wildman–Crippen LogP) is 3.47. The number of amides is 1. The lowest BCUT2D eigenvalue weighted by Gasteiger charge is -2.19.